The molecule has 0 atom stereocenters. The molecule has 0 radical (unpaired) electrons. The Hall–Kier alpha value is -2.89. The molecule has 3 aromatic rings. The van der Waals surface area contributed by atoms with E-state index >= 15 is 0 Å². The highest BCUT2D eigenvalue weighted by Crippen LogP contribution is 2.28. The molecule has 2 aromatic heterocycles. The Morgan fingerprint density at radius 3 is 2.50 bits per heavy atom. The van der Waals surface area contributed by atoms with Gasteiger partial charge in [-0.15, -0.1) is 0 Å². The van der Waals surface area contributed by atoms with Gasteiger partial charge in [-0.1, -0.05) is 0 Å². The Bertz CT molecular complexity index is 941. The molecule has 0 aliphatic heterocycles. The van der Waals surface area contributed by atoms with Crippen LogP contribution < -0.4 is 5.56 Å². The third kappa shape index (κ3) is 2.09. The molecular formula is C16H10F2N2O2. The normalized spacial score (nSPS) is 10.9. The van der Waals surface area contributed by atoms with Crippen LogP contribution >= 0.6 is 0 Å². The van der Waals surface area contributed by atoms with Crippen molar-refractivity contribution in [2.24, 2.45) is 7.05 Å². The van der Waals surface area contributed by atoms with E-state index < -0.39 is 17.2 Å². The van der Waals surface area contributed by atoms with Gasteiger partial charge in [0.05, 0.1) is 10.9 Å². The van der Waals surface area contributed by atoms with E-state index in [2.05, 4.69) is 4.98 Å². The van der Waals surface area contributed by atoms with Crippen LogP contribution in [0.4, 0.5) is 8.78 Å². The largest absolute Gasteiger partial charge is 0.317 e. The van der Waals surface area contributed by atoms with Gasteiger partial charge < -0.3 is 4.57 Å². The Morgan fingerprint density at radius 1 is 1.18 bits per heavy atom. The van der Waals surface area contributed by atoms with E-state index in [1.54, 1.807) is 13.1 Å². The maximum Gasteiger partial charge on any atom is 0.259 e. The second-order valence-corrected chi connectivity index (χ2v) is 4.85. The van der Waals surface area contributed by atoms with E-state index in [9.17, 15) is 18.4 Å². The fourth-order valence-corrected chi connectivity index (χ4v) is 2.39. The van der Waals surface area contributed by atoms with Gasteiger partial charge in [-0.25, -0.2) is 8.78 Å². The lowest BCUT2D eigenvalue weighted by Gasteiger charge is -2.10. The summed E-state index contributed by atoms with van der Waals surface area (Å²) in [6, 6.07) is 3.76. The van der Waals surface area contributed by atoms with Crippen LogP contribution in [0.25, 0.3) is 21.9 Å². The molecule has 0 aliphatic rings. The number of carbonyl (C=O) groups excluding carboxylic acids is 1. The molecule has 3 rings (SSSR count). The Labute approximate surface area is 123 Å². The fraction of sp³-hybridized carbons (Fsp3) is 0.0625. The Morgan fingerprint density at radius 2 is 1.86 bits per heavy atom. The van der Waals surface area contributed by atoms with Gasteiger partial charge in [-0.2, -0.15) is 0 Å². The molecule has 0 saturated carbocycles. The lowest BCUT2D eigenvalue weighted by molar-refractivity contribution is 0.111. The first-order chi connectivity index (χ1) is 10.5. The van der Waals surface area contributed by atoms with Crippen molar-refractivity contribution in [3.05, 3.63) is 64.3 Å². The van der Waals surface area contributed by atoms with E-state index in [4.69, 9.17) is 0 Å². The average Bonchev–Trinajstić information content (AvgIpc) is 2.50. The quantitative estimate of drug-likeness (QED) is 0.684. The number of halogens is 2. The minimum Gasteiger partial charge on any atom is -0.317 e. The topological polar surface area (TPSA) is 52.0 Å². The lowest BCUT2D eigenvalue weighted by atomic mass is 10.00. The van der Waals surface area contributed by atoms with Crippen LogP contribution in [-0.4, -0.2) is 15.8 Å². The van der Waals surface area contributed by atoms with E-state index in [-0.39, 0.29) is 17.4 Å². The minimum absolute atomic E-state index is 0.136. The third-order valence-electron chi connectivity index (χ3n) is 3.49. The SMILES string of the molecule is Cn1cc(-c2cc(F)c(C=O)c(F)c2)c2ccncc2c1=O. The molecule has 0 unspecified atom stereocenters. The van der Waals surface area contributed by atoms with Gasteiger partial charge in [-0.3, -0.25) is 14.6 Å². The molecule has 0 spiro atoms. The lowest BCUT2D eigenvalue weighted by Crippen LogP contribution is -2.16. The molecule has 2 heterocycles. The highest BCUT2D eigenvalue weighted by Gasteiger charge is 2.14. The standard InChI is InChI=1S/C16H10F2N2O2/c1-20-7-12(10-2-3-19-6-11(10)16(20)22)9-4-14(17)13(8-21)15(18)5-9/h2-8H,1H3. The summed E-state index contributed by atoms with van der Waals surface area (Å²) < 4.78 is 29.0. The fourth-order valence-electron chi connectivity index (χ4n) is 2.39. The highest BCUT2D eigenvalue weighted by atomic mass is 19.1. The van der Waals surface area contributed by atoms with Gasteiger partial charge >= 0.3 is 0 Å². The molecule has 0 fully saturated rings. The van der Waals surface area contributed by atoms with Crippen molar-refractivity contribution in [3.63, 3.8) is 0 Å². The summed E-state index contributed by atoms with van der Waals surface area (Å²) in [4.78, 5) is 26.7. The predicted molar refractivity (Wildman–Crippen MR) is 77.7 cm³/mol. The van der Waals surface area contributed by atoms with Crippen molar-refractivity contribution in [2.45, 2.75) is 0 Å². The molecule has 110 valence electrons. The summed E-state index contributed by atoms with van der Waals surface area (Å²) in [6.07, 6.45) is 4.54. The minimum atomic E-state index is -0.943. The number of aldehydes is 1. The van der Waals surface area contributed by atoms with Gasteiger partial charge in [0.1, 0.15) is 11.6 Å². The highest BCUT2D eigenvalue weighted by molar-refractivity contribution is 5.95. The number of hydrogen-bond acceptors (Lipinski definition) is 3. The number of aromatic nitrogens is 2. The maximum atomic E-state index is 13.8. The van der Waals surface area contributed by atoms with Crippen molar-refractivity contribution in [1.82, 2.24) is 9.55 Å². The van der Waals surface area contributed by atoms with Crippen LogP contribution in [0.5, 0.6) is 0 Å². The first-order valence-electron chi connectivity index (χ1n) is 6.41. The number of nitrogens with zero attached hydrogens (tertiary/aromatic N) is 2. The number of rotatable bonds is 2. The zero-order valence-electron chi connectivity index (χ0n) is 11.5. The van der Waals surface area contributed by atoms with E-state index in [1.807, 2.05) is 0 Å². The number of aryl methyl sites for hydroxylation is 1. The molecule has 0 saturated heterocycles. The molecule has 0 bridgehead atoms. The zero-order chi connectivity index (χ0) is 15.9. The van der Waals surface area contributed by atoms with Crippen molar-refractivity contribution >= 4 is 17.1 Å². The van der Waals surface area contributed by atoms with Crippen LogP contribution in [0.3, 0.4) is 0 Å². The summed E-state index contributed by atoms with van der Waals surface area (Å²) in [7, 11) is 1.55. The van der Waals surface area contributed by atoms with E-state index in [1.165, 1.54) is 23.2 Å². The zero-order valence-corrected chi connectivity index (χ0v) is 11.5. The van der Waals surface area contributed by atoms with Crippen molar-refractivity contribution in [1.29, 1.82) is 0 Å². The number of benzene rings is 1. The second kappa shape index (κ2) is 5.14. The van der Waals surface area contributed by atoms with Crippen LogP contribution in [0, 0.1) is 11.6 Å². The summed E-state index contributed by atoms with van der Waals surface area (Å²) in [5, 5.41) is 0.888. The Kier molecular flexibility index (Phi) is 3.29. The number of fused-ring (bicyclic) bond motifs is 1. The number of hydrogen-bond donors (Lipinski definition) is 0. The maximum absolute atomic E-state index is 13.8. The van der Waals surface area contributed by atoms with Gasteiger partial charge in [-0.05, 0) is 29.1 Å². The summed E-state index contributed by atoms with van der Waals surface area (Å²) in [5.74, 6) is -1.89. The van der Waals surface area contributed by atoms with Crippen LogP contribution in [-0.2, 0) is 7.05 Å². The van der Waals surface area contributed by atoms with E-state index in [0.717, 1.165) is 12.1 Å². The first kappa shape index (κ1) is 14.1. The summed E-state index contributed by atoms with van der Waals surface area (Å²) >= 11 is 0. The average molecular weight is 300 g/mol. The summed E-state index contributed by atoms with van der Waals surface area (Å²) in [6.45, 7) is 0. The van der Waals surface area contributed by atoms with Crippen molar-refractivity contribution in [3.8, 4) is 11.1 Å². The smallest absolute Gasteiger partial charge is 0.259 e. The third-order valence-corrected chi connectivity index (χ3v) is 3.49. The Balaban J connectivity index is 2.39. The van der Waals surface area contributed by atoms with E-state index in [0.29, 0.717) is 16.3 Å². The molecule has 6 heteroatoms. The monoisotopic (exact) mass is 300 g/mol. The first-order valence-corrected chi connectivity index (χ1v) is 6.41. The van der Waals surface area contributed by atoms with Gasteiger partial charge in [0.2, 0.25) is 0 Å². The molecular weight excluding hydrogens is 290 g/mol. The number of carbonyl (C=O) groups is 1. The molecule has 0 amide bonds. The molecule has 0 aliphatic carbocycles. The second-order valence-electron chi connectivity index (χ2n) is 4.85. The number of pyridine rings is 2. The van der Waals surface area contributed by atoms with Crippen LogP contribution in [0.1, 0.15) is 10.4 Å². The molecule has 4 nitrogen and oxygen atoms in total. The predicted octanol–water partition coefficient (Wildman–Crippen LogP) is 2.69. The van der Waals surface area contributed by atoms with Crippen molar-refractivity contribution < 1.29 is 13.6 Å². The molecule has 1 aromatic carbocycles. The van der Waals surface area contributed by atoms with Crippen LogP contribution in [0.2, 0.25) is 0 Å². The molecule has 22 heavy (non-hydrogen) atoms. The van der Waals surface area contributed by atoms with Gasteiger partial charge in [0, 0.05) is 31.2 Å². The summed E-state index contributed by atoms with van der Waals surface area (Å²) in [5.41, 5.74) is -0.140. The van der Waals surface area contributed by atoms with Crippen LogP contribution in [0.15, 0.2) is 41.6 Å². The van der Waals surface area contributed by atoms with Gasteiger partial charge in [0.25, 0.3) is 5.56 Å². The molecule has 0 N–H and O–H groups in total. The van der Waals surface area contributed by atoms with Crippen molar-refractivity contribution in [2.75, 3.05) is 0 Å². The van der Waals surface area contributed by atoms with Gasteiger partial charge in [0.15, 0.2) is 6.29 Å².